The Bertz CT molecular complexity index is 3540. The third-order valence-corrected chi connectivity index (χ3v) is 13.1. The maximum absolute atomic E-state index is 6.89. The molecule has 0 fully saturated rings. The van der Waals surface area contributed by atoms with Crippen LogP contribution in [0.1, 0.15) is 0 Å². The van der Waals surface area contributed by atoms with Crippen LogP contribution in [-0.4, -0.2) is 0 Å². The summed E-state index contributed by atoms with van der Waals surface area (Å²) in [6.45, 7) is 0. The van der Waals surface area contributed by atoms with E-state index in [0.717, 1.165) is 50.1 Å². The van der Waals surface area contributed by atoms with Gasteiger partial charge in [-0.15, -0.1) is 11.3 Å². The van der Waals surface area contributed by atoms with Crippen molar-refractivity contribution in [3.05, 3.63) is 212 Å². The molecule has 0 amide bonds. The Balaban J connectivity index is 1.09. The molecule has 2 heterocycles. The van der Waals surface area contributed by atoms with Crippen molar-refractivity contribution < 1.29 is 4.42 Å². The van der Waals surface area contributed by atoms with Crippen LogP contribution in [0.5, 0.6) is 0 Å². The van der Waals surface area contributed by atoms with Gasteiger partial charge in [0.25, 0.3) is 0 Å². The molecule has 0 N–H and O–H groups in total. The quantitative estimate of drug-likeness (QED) is 0.157. The van der Waals surface area contributed by atoms with Gasteiger partial charge in [0.15, 0.2) is 0 Å². The van der Waals surface area contributed by atoms with Gasteiger partial charge in [0.1, 0.15) is 11.2 Å². The number of fused-ring (bicyclic) bond motifs is 9. The minimum atomic E-state index is 0.868. The van der Waals surface area contributed by atoms with Gasteiger partial charge in [0.05, 0.1) is 16.8 Å². The van der Waals surface area contributed by atoms with Gasteiger partial charge in [0.2, 0.25) is 0 Å². The maximum Gasteiger partial charge on any atom is 0.145 e. The monoisotopic (exact) mass is 769 g/mol. The summed E-state index contributed by atoms with van der Waals surface area (Å²) in [6.07, 6.45) is 0. The van der Waals surface area contributed by atoms with Crippen LogP contribution in [0.3, 0.4) is 0 Å². The molecule has 2 aromatic heterocycles. The van der Waals surface area contributed by atoms with Crippen molar-refractivity contribution in [2.45, 2.75) is 0 Å². The number of nitrogens with zero attached hydrogens (tertiary/aromatic N) is 1. The van der Waals surface area contributed by atoms with Crippen LogP contribution in [-0.2, 0) is 0 Å². The summed E-state index contributed by atoms with van der Waals surface area (Å²) < 4.78 is 9.52. The van der Waals surface area contributed by atoms with Gasteiger partial charge >= 0.3 is 0 Å². The van der Waals surface area contributed by atoms with Gasteiger partial charge in [-0.1, -0.05) is 170 Å². The van der Waals surface area contributed by atoms with E-state index in [4.69, 9.17) is 4.42 Å². The smallest absolute Gasteiger partial charge is 0.145 e. The SMILES string of the molecule is c1ccc(-c2ccc(-c3ccc(N(c4ccc(-c5cccc6c5sc5ccccc56)cc4)c4cccc5ccc6ccccc6c45)c4c3oc3ccccc34)cc2)cc1. The first-order valence-corrected chi connectivity index (χ1v) is 20.9. The zero-order valence-corrected chi connectivity index (χ0v) is 32.8. The molecule has 0 aliphatic carbocycles. The number of anilines is 3. The third-order valence-electron chi connectivity index (χ3n) is 11.9. The average molecular weight is 770 g/mol. The fraction of sp³-hybridized carbons (Fsp3) is 0. The van der Waals surface area contributed by atoms with Crippen molar-refractivity contribution in [2.75, 3.05) is 4.90 Å². The highest BCUT2D eigenvalue weighted by atomic mass is 32.1. The predicted octanol–water partition coefficient (Wildman–Crippen LogP) is 16.7. The molecule has 0 atom stereocenters. The lowest BCUT2D eigenvalue weighted by molar-refractivity contribution is 0.670. The van der Waals surface area contributed by atoms with Gasteiger partial charge in [0, 0.05) is 42.2 Å². The second-order valence-electron chi connectivity index (χ2n) is 15.2. The number of rotatable bonds is 6. The summed E-state index contributed by atoms with van der Waals surface area (Å²) in [5, 5.41) is 9.64. The van der Waals surface area contributed by atoms with Crippen molar-refractivity contribution in [2.24, 2.45) is 0 Å². The Kier molecular flexibility index (Phi) is 7.75. The Labute approximate surface area is 345 Å². The Morgan fingerprint density at radius 1 is 0.356 bits per heavy atom. The van der Waals surface area contributed by atoms with E-state index in [1.165, 1.54) is 64.0 Å². The van der Waals surface area contributed by atoms with Crippen molar-refractivity contribution >= 4 is 92.1 Å². The first-order valence-electron chi connectivity index (χ1n) is 20.1. The summed E-state index contributed by atoms with van der Waals surface area (Å²) in [5.41, 5.74) is 12.0. The highest BCUT2D eigenvalue weighted by molar-refractivity contribution is 7.26. The zero-order valence-electron chi connectivity index (χ0n) is 32.0. The maximum atomic E-state index is 6.89. The average Bonchev–Trinajstić information content (AvgIpc) is 3.89. The fourth-order valence-electron chi connectivity index (χ4n) is 9.10. The molecule has 10 aromatic carbocycles. The standard InChI is InChI=1S/C56H35NOS/c1-2-12-36(13-3-1)37-24-26-39(27-25-37)44-34-35-50(54-48-18-6-8-22-51(48)58-55(44)54)57(49-21-10-15-41-29-28-38-14-4-5-16-43(38)53(41)49)42-32-30-40(31-33-42)45-19-11-20-47-46-17-7-9-23-52(46)59-56(45)47/h1-35H. The first-order chi connectivity index (χ1) is 29.3. The van der Waals surface area contributed by atoms with Crippen LogP contribution in [0, 0.1) is 0 Å². The van der Waals surface area contributed by atoms with Crippen LogP contribution in [0.15, 0.2) is 217 Å². The normalized spacial score (nSPS) is 11.7. The molecule has 0 saturated heterocycles. The lowest BCUT2D eigenvalue weighted by Gasteiger charge is -2.28. The molecule has 0 aliphatic heterocycles. The van der Waals surface area contributed by atoms with E-state index in [1.807, 2.05) is 11.3 Å². The van der Waals surface area contributed by atoms with E-state index >= 15 is 0 Å². The minimum absolute atomic E-state index is 0.868. The van der Waals surface area contributed by atoms with Crippen LogP contribution in [0.4, 0.5) is 17.1 Å². The van der Waals surface area contributed by atoms with Crippen LogP contribution in [0.25, 0.3) is 97.0 Å². The molecule has 0 unspecified atom stereocenters. The number of furan rings is 1. The van der Waals surface area contributed by atoms with E-state index in [1.54, 1.807) is 0 Å². The molecule has 12 rings (SSSR count). The number of benzene rings is 10. The summed E-state index contributed by atoms with van der Waals surface area (Å²) in [4.78, 5) is 2.45. The Hall–Kier alpha value is -7.46. The fourth-order valence-corrected chi connectivity index (χ4v) is 10.3. The van der Waals surface area contributed by atoms with Gasteiger partial charge in [-0.3, -0.25) is 0 Å². The molecule has 276 valence electrons. The van der Waals surface area contributed by atoms with Gasteiger partial charge in [-0.05, 0) is 86.4 Å². The van der Waals surface area contributed by atoms with Crippen molar-refractivity contribution in [1.29, 1.82) is 0 Å². The van der Waals surface area contributed by atoms with Gasteiger partial charge in [-0.25, -0.2) is 0 Å². The Morgan fingerprint density at radius 2 is 0.966 bits per heavy atom. The highest BCUT2D eigenvalue weighted by Gasteiger charge is 2.24. The second-order valence-corrected chi connectivity index (χ2v) is 16.3. The molecule has 3 heteroatoms. The van der Waals surface area contributed by atoms with E-state index in [9.17, 15) is 0 Å². The molecule has 12 aromatic rings. The largest absolute Gasteiger partial charge is 0.455 e. The molecule has 0 spiro atoms. The summed E-state index contributed by atoms with van der Waals surface area (Å²) in [7, 11) is 0. The second kappa shape index (κ2) is 13.6. The molecular formula is C56H35NOS. The summed E-state index contributed by atoms with van der Waals surface area (Å²) >= 11 is 1.87. The first kappa shape index (κ1) is 33.7. The summed E-state index contributed by atoms with van der Waals surface area (Å²) in [6, 6.07) is 76.8. The minimum Gasteiger partial charge on any atom is -0.455 e. The van der Waals surface area contributed by atoms with Crippen LogP contribution < -0.4 is 4.90 Å². The number of hydrogen-bond acceptors (Lipinski definition) is 3. The highest BCUT2D eigenvalue weighted by Crippen LogP contribution is 2.49. The molecule has 0 aliphatic rings. The van der Waals surface area contributed by atoms with E-state index in [-0.39, 0.29) is 0 Å². The lowest BCUT2D eigenvalue weighted by atomic mass is 9.96. The third kappa shape index (κ3) is 5.47. The zero-order chi connectivity index (χ0) is 38.9. The predicted molar refractivity (Wildman–Crippen MR) is 253 cm³/mol. The number of thiophene rings is 1. The molecule has 2 nitrogen and oxygen atoms in total. The molecule has 0 radical (unpaired) electrons. The van der Waals surface area contributed by atoms with E-state index in [2.05, 4.69) is 217 Å². The van der Waals surface area contributed by atoms with E-state index < -0.39 is 0 Å². The lowest BCUT2D eigenvalue weighted by Crippen LogP contribution is -2.11. The number of hydrogen-bond donors (Lipinski definition) is 0. The topological polar surface area (TPSA) is 16.4 Å². The molecular weight excluding hydrogens is 735 g/mol. The van der Waals surface area contributed by atoms with Gasteiger partial charge < -0.3 is 9.32 Å². The van der Waals surface area contributed by atoms with Crippen molar-refractivity contribution in [3.8, 4) is 33.4 Å². The Morgan fingerprint density at radius 3 is 1.83 bits per heavy atom. The summed E-state index contributed by atoms with van der Waals surface area (Å²) in [5.74, 6) is 0. The number of para-hydroxylation sites is 1. The molecule has 59 heavy (non-hydrogen) atoms. The molecule has 0 bridgehead atoms. The van der Waals surface area contributed by atoms with Crippen molar-refractivity contribution in [3.63, 3.8) is 0 Å². The van der Waals surface area contributed by atoms with Crippen molar-refractivity contribution in [1.82, 2.24) is 0 Å². The van der Waals surface area contributed by atoms with Crippen LogP contribution in [0.2, 0.25) is 0 Å². The molecule has 0 saturated carbocycles. The van der Waals surface area contributed by atoms with E-state index in [0.29, 0.717) is 0 Å². The van der Waals surface area contributed by atoms with Gasteiger partial charge in [-0.2, -0.15) is 0 Å². The van der Waals surface area contributed by atoms with Crippen LogP contribution >= 0.6 is 11.3 Å².